The highest BCUT2D eigenvalue weighted by atomic mass is 35.5. The first kappa shape index (κ1) is 33.5. The summed E-state index contributed by atoms with van der Waals surface area (Å²) < 4.78 is 30.7. The van der Waals surface area contributed by atoms with E-state index in [0.717, 1.165) is 17.8 Å². The molecule has 2 heterocycles. The van der Waals surface area contributed by atoms with Gasteiger partial charge >= 0.3 is 6.03 Å². The third kappa shape index (κ3) is 7.83. The van der Waals surface area contributed by atoms with Crippen LogP contribution < -0.4 is 25.6 Å². The summed E-state index contributed by atoms with van der Waals surface area (Å²) in [5.74, 6) is 1.24. The summed E-state index contributed by atoms with van der Waals surface area (Å²) in [7, 11) is -0.138. The quantitative estimate of drug-likeness (QED) is 0.306. The number of aryl methyl sites for hydroxylation is 1. The number of aromatic nitrogens is 2. The van der Waals surface area contributed by atoms with Crippen molar-refractivity contribution >= 4 is 56.6 Å². The Labute approximate surface area is 268 Å². The van der Waals surface area contributed by atoms with E-state index < -0.39 is 16.1 Å². The second kappa shape index (κ2) is 14.2. The number of ether oxygens (including phenoxy) is 1. The molecule has 238 valence electrons. The molecule has 0 radical (unpaired) electrons. The lowest BCUT2D eigenvalue weighted by Crippen LogP contribution is -2.52. The van der Waals surface area contributed by atoms with Gasteiger partial charge in [0.2, 0.25) is 10.0 Å². The molecule has 0 spiro atoms. The maximum Gasteiger partial charge on any atom is 0.327 e. The third-order valence-corrected chi connectivity index (χ3v) is 9.89. The number of halogens is 2. The highest BCUT2D eigenvalue weighted by molar-refractivity contribution is 7.88. The number of methoxy groups -OCH3 is 1. The van der Waals surface area contributed by atoms with Gasteiger partial charge in [0.1, 0.15) is 28.7 Å². The van der Waals surface area contributed by atoms with Crippen molar-refractivity contribution in [3.8, 4) is 5.75 Å². The van der Waals surface area contributed by atoms with Gasteiger partial charge in [0, 0.05) is 68.8 Å². The fraction of sp³-hybridized carbons (Fsp3) is 0.414. The summed E-state index contributed by atoms with van der Waals surface area (Å²) in [6.07, 6.45) is 6.57. The van der Waals surface area contributed by atoms with E-state index in [1.807, 2.05) is 0 Å². The number of piperazine rings is 1. The average molecular weight is 666 g/mol. The summed E-state index contributed by atoms with van der Waals surface area (Å²) in [6.45, 7) is 11.9. The van der Waals surface area contributed by atoms with Crippen LogP contribution in [0.15, 0.2) is 54.8 Å². The molecular weight excluding hydrogens is 627 g/mol. The molecule has 1 unspecified atom stereocenters. The number of rotatable bonds is 10. The monoisotopic (exact) mass is 664 g/mol. The van der Waals surface area contributed by atoms with Crippen LogP contribution in [-0.2, 0) is 10.0 Å². The fourth-order valence-electron chi connectivity index (χ4n) is 5.19. The Kier molecular flexibility index (Phi) is 10.8. The molecule has 1 atom stereocenters. The summed E-state index contributed by atoms with van der Waals surface area (Å²) in [5, 5.41) is 10.0. The molecule has 2 aromatic rings. The molecule has 4 rings (SSSR count). The molecule has 0 saturated carbocycles. The molecule has 3 N–H and O–H groups in total. The fourth-order valence-corrected chi connectivity index (χ4v) is 6.54. The van der Waals surface area contributed by atoms with E-state index in [1.165, 1.54) is 28.9 Å². The number of hydrogen-bond donors (Lipinski definition) is 3. The zero-order chi connectivity index (χ0) is 32.2. The number of amides is 2. The SMILES string of the molecule is C=CC(=C)NC1=C(Nc2cc(N(C)C(=O)Nc3c(Cl)c(C)cc(OC)c3Cl)ncn2)CCC(N2CCN(S(C)(=O)=O)CC2)C1. The Morgan fingerprint density at radius 1 is 1.14 bits per heavy atom. The summed E-state index contributed by atoms with van der Waals surface area (Å²) in [6, 6.07) is 3.09. The maximum atomic E-state index is 13.2. The molecule has 2 aliphatic rings. The predicted octanol–water partition coefficient (Wildman–Crippen LogP) is 4.81. The predicted molar refractivity (Wildman–Crippen MR) is 176 cm³/mol. The molecule has 15 heteroatoms. The first-order chi connectivity index (χ1) is 20.8. The Bertz CT molecular complexity index is 1580. The number of carbonyl (C=O) groups excluding carboxylic acids is 1. The van der Waals surface area contributed by atoms with Crippen molar-refractivity contribution in [2.24, 2.45) is 0 Å². The highest BCUT2D eigenvalue weighted by Crippen LogP contribution is 2.40. The van der Waals surface area contributed by atoms with Crippen molar-refractivity contribution in [2.75, 3.05) is 62.1 Å². The van der Waals surface area contributed by atoms with Crippen molar-refractivity contribution in [2.45, 2.75) is 32.2 Å². The molecule has 0 bridgehead atoms. The van der Waals surface area contributed by atoms with E-state index in [0.29, 0.717) is 72.7 Å². The number of allylic oxidation sites excluding steroid dienone is 2. The van der Waals surface area contributed by atoms with Gasteiger partial charge in [-0.05, 0) is 37.5 Å². The van der Waals surface area contributed by atoms with Gasteiger partial charge in [-0.15, -0.1) is 0 Å². The standard InChI is InChI=1S/C29H38Cl2N8O4S/c1-7-19(3)34-22-15-20(38-10-12-39(13-11-38)44(6,41)42)8-9-21(22)35-24-16-25(33-17-32-24)37(4)29(40)36-28-26(30)18(2)14-23(43-5)27(28)31/h7,14,16-17,20,34H,1,3,8-13,15H2,2,4-6H3,(H,36,40)(H,32,33,35). The molecule has 1 fully saturated rings. The van der Waals surface area contributed by atoms with E-state index in [4.69, 9.17) is 27.9 Å². The normalized spacial score (nSPS) is 18.0. The largest absolute Gasteiger partial charge is 0.495 e. The Morgan fingerprint density at radius 3 is 2.48 bits per heavy atom. The van der Waals surface area contributed by atoms with Crippen molar-refractivity contribution in [3.05, 3.63) is 70.4 Å². The lowest BCUT2D eigenvalue weighted by Gasteiger charge is -2.41. The van der Waals surface area contributed by atoms with Crippen LogP contribution in [0.4, 0.5) is 22.1 Å². The Balaban J connectivity index is 1.50. The molecule has 12 nitrogen and oxygen atoms in total. The number of sulfonamides is 1. The minimum atomic E-state index is -3.20. The van der Waals surface area contributed by atoms with E-state index >= 15 is 0 Å². The minimum Gasteiger partial charge on any atom is -0.495 e. The van der Waals surface area contributed by atoms with Crippen LogP contribution in [0.3, 0.4) is 0 Å². The molecule has 1 aromatic carbocycles. The molecule has 2 amide bonds. The molecule has 1 aliphatic heterocycles. The average Bonchev–Trinajstić information content (AvgIpc) is 3.01. The van der Waals surface area contributed by atoms with Gasteiger partial charge < -0.3 is 20.7 Å². The maximum absolute atomic E-state index is 13.2. The van der Waals surface area contributed by atoms with Crippen molar-refractivity contribution in [1.82, 2.24) is 24.5 Å². The van der Waals surface area contributed by atoms with Gasteiger partial charge in [-0.2, -0.15) is 4.31 Å². The third-order valence-electron chi connectivity index (χ3n) is 7.73. The molecule has 1 aliphatic carbocycles. The Morgan fingerprint density at radius 2 is 1.84 bits per heavy atom. The number of carbonyl (C=O) groups is 1. The number of anilines is 3. The van der Waals surface area contributed by atoms with E-state index in [2.05, 4.69) is 44.0 Å². The van der Waals surface area contributed by atoms with Crippen molar-refractivity contribution < 1.29 is 17.9 Å². The highest BCUT2D eigenvalue weighted by Gasteiger charge is 2.31. The van der Waals surface area contributed by atoms with E-state index in [-0.39, 0.29) is 16.8 Å². The number of benzene rings is 1. The van der Waals surface area contributed by atoms with Gasteiger partial charge in [-0.1, -0.05) is 36.4 Å². The van der Waals surface area contributed by atoms with Gasteiger partial charge in [0.25, 0.3) is 0 Å². The molecule has 44 heavy (non-hydrogen) atoms. The minimum absolute atomic E-state index is 0.191. The number of nitrogens with zero attached hydrogens (tertiary/aromatic N) is 5. The molecule has 1 saturated heterocycles. The van der Waals surface area contributed by atoms with Gasteiger partial charge in [-0.25, -0.2) is 23.2 Å². The van der Waals surface area contributed by atoms with Crippen LogP contribution in [0.1, 0.15) is 24.8 Å². The number of hydrogen-bond acceptors (Lipinski definition) is 9. The van der Waals surface area contributed by atoms with Gasteiger partial charge in [0.15, 0.2) is 0 Å². The topological polar surface area (TPSA) is 132 Å². The van der Waals surface area contributed by atoms with Crippen LogP contribution in [0, 0.1) is 6.92 Å². The second-order valence-corrected chi connectivity index (χ2v) is 13.4. The zero-order valence-corrected chi connectivity index (χ0v) is 27.6. The van der Waals surface area contributed by atoms with Crippen LogP contribution in [0.5, 0.6) is 5.75 Å². The van der Waals surface area contributed by atoms with E-state index in [1.54, 1.807) is 32.2 Å². The first-order valence-electron chi connectivity index (χ1n) is 14.0. The van der Waals surface area contributed by atoms with Crippen LogP contribution >= 0.6 is 23.2 Å². The van der Waals surface area contributed by atoms with Gasteiger partial charge in [0.05, 0.1) is 24.1 Å². The van der Waals surface area contributed by atoms with Crippen molar-refractivity contribution in [3.63, 3.8) is 0 Å². The second-order valence-electron chi connectivity index (χ2n) is 10.7. The Hall–Kier alpha value is -3.36. The summed E-state index contributed by atoms with van der Waals surface area (Å²) in [5.41, 5.74) is 3.47. The number of urea groups is 1. The lowest BCUT2D eigenvalue weighted by molar-refractivity contribution is 0.126. The molecule has 1 aromatic heterocycles. The van der Waals surface area contributed by atoms with Gasteiger partial charge in [-0.3, -0.25) is 9.80 Å². The van der Waals surface area contributed by atoms with Crippen LogP contribution in [0.25, 0.3) is 0 Å². The summed E-state index contributed by atoms with van der Waals surface area (Å²) >= 11 is 12.9. The zero-order valence-electron chi connectivity index (χ0n) is 25.3. The van der Waals surface area contributed by atoms with Crippen LogP contribution in [-0.4, -0.2) is 86.3 Å². The number of nitrogens with one attached hydrogen (secondary N) is 3. The van der Waals surface area contributed by atoms with Crippen LogP contribution in [0.2, 0.25) is 10.0 Å². The van der Waals surface area contributed by atoms with Crippen molar-refractivity contribution in [1.29, 1.82) is 0 Å². The smallest absolute Gasteiger partial charge is 0.327 e. The molecular formula is C29H38Cl2N8O4S. The lowest BCUT2D eigenvalue weighted by atomic mass is 9.94. The summed E-state index contributed by atoms with van der Waals surface area (Å²) in [4.78, 5) is 25.5. The van der Waals surface area contributed by atoms with E-state index in [9.17, 15) is 13.2 Å². The first-order valence-corrected chi connectivity index (χ1v) is 16.6.